The number of hydrogen-bond donors (Lipinski definition) is 3. The van der Waals surface area contributed by atoms with Crippen molar-refractivity contribution in [2.45, 2.75) is 69.9 Å². The third-order valence-electron chi connectivity index (χ3n) is 7.37. The second-order valence-electron chi connectivity index (χ2n) is 10.3. The Labute approximate surface area is 206 Å². The third-order valence-corrected chi connectivity index (χ3v) is 7.37. The van der Waals surface area contributed by atoms with E-state index in [9.17, 15) is 19.5 Å². The lowest BCUT2D eigenvalue weighted by Crippen LogP contribution is -2.56. The molecule has 1 fully saturated rings. The largest absolute Gasteiger partial charge is 0.480 e. The molecule has 1 saturated carbocycles. The highest BCUT2D eigenvalue weighted by Gasteiger charge is 2.46. The van der Waals surface area contributed by atoms with Gasteiger partial charge < -0.3 is 20.5 Å². The highest BCUT2D eigenvalue weighted by Crippen LogP contribution is 2.45. The number of carbonyl (C=O) groups excluding carboxylic acids is 2. The monoisotopic (exact) mass is 478 g/mol. The Kier molecular flexibility index (Phi) is 6.88. The predicted octanol–water partition coefficient (Wildman–Crippen LogP) is 4.84. The number of rotatable bonds is 10. The summed E-state index contributed by atoms with van der Waals surface area (Å²) in [4.78, 5) is 37.5. The van der Waals surface area contributed by atoms with E-state index in [-0.39, 0.29) is 24.9 Å². The van der Waals surface area contributed by atoms with E-state index in [0.717, 1.165) is 35.1 Å². The molecule has 186 valence electrons. The molecule has 7 nitrogen and oxygen atoms in total. The van der Waals surface area contributed by atoms with Crippen LogP contribution in [0.1, 0.15) is 69.9 Å². The van der Waals surface area contributed by atoms with E-state index in [2.05, 4.69) is 34.9 Å². The number of carboxylic acids is 1. The maximum absolute atomic E-state index is 12.9. The van der Waals surface area contributed by atoms with Crippen molar-refractivity contribution >= 4 is 18.0 Å². The normalized spacial score (nSPS) is 17.9. The molecule has 2 aliphatic rings. The molecule has 0 radical (unpaired) electrons. The molecular weight excluding hydrogens is 444 g/mol. The van der Waals surface area contributed by atoms with Gasteiger partial charge in [-0.1, -0.05) is 61.9 Å². The second kappa shape index (κ2) is 9.72. The van der Waals surface area contributed by atoms with Gasteiger partial charge in [0, 0.05) is 12.3 Å². The summed E-state index contributed by atoms with van der Waals surface area (Å²) in [6.45, 7) is 5.43. The Balaban J connectivity index is 1.41. The van der Waals surface area contributed by atoms with Gasteiger partial charge in [-0.2, -0.15) is 0 Å². The van der Waals surface area contributed by atoms with Gasteiger partial charge in [0.1, 0.15) is 12.1 Å². The Hall–Kier alpha value is -3.35. The van der Waals surface area contributed by atoms with Crippen molar-refractivity contribution in [3.05, 3.63) is 59.7 Å². The summed E-state index contributed by atoms with van der Waals surface area (Å²) in [6, 6.07) is 16.3. The summed E-state index contributed by atoms with van der Waals surface area (Å²) < 4.78 is 5.70. The number of benzene rings is 2. The molecule has 2 atom stereocenters. The molecule has 0 aromatic heterocycles. The van der Waals surface area contributed by atoms with Gasteiger partial charge in [0.25, 0.3) is 0 Å². The highest BCUT2D eigenvalue weighted by atomic mass is 16.5. The van der Waals surface area contributed by atoms with Crippen LogP contribution in [0.4, 0.5) is 4.79 Å². The number of fused-ring (bicyclic) bond motifs is 3. The van der Waals surface area contributed by atoms with E-state index >= 15 is 0 Å². The van der Waals surface area contributed by atoms with Gasteiger partial charge in [0.05, 0.1) is 5.54 Å². The van der Waals surface area contributed by atoms with E-state index in [1.807, 2.05) is 38.1 Å². The molecule has 0 heterocycles. The summed E-state index contributed by atoms with van der Waals surface area (Å²) in [7, 11) is 0. The fraction of sp³-hybridized carbons (Fsp3) is 0.464. The number of aliphatic carboxylic acids is 1. The minimum Gasteiger partial charge on any atom is -0.480 e. The van der Waals surface area contributed by atoms with E-state index in [0.29, 0.717) is 12.8 Å². The van der Waals surface area contributed by atoms with Crippen molar-refractivity contribution in [1.82, 2.24) is 10.6 Å². The van der Waals surface area contributed by atoms with E-state index in [1.165, 1.54) is 6.92 Å². The maximum atomic E-state index is 12.9. The standard InChI is InChI=1S/C28H34N2O5/c1-4-15-27(2,25(32)33)29-24(31)16-28(3,18-13-14-18)30-26(34)35-17-23-21-11-7-5-9-19(21)20-10-6-8-12-22(20)23/h5-12,18,23H,4,13-17H2,1-3H3,(H,29,31)(H,30,34)(H,32,33). The number of ether oxygens (including phenoxy) is 1. The molecule has 2 aliphatic carbocycles. The summed E-state index contributed by atoms with van der Waals surface area (Å²) in [5.74, 6) is -1.35. The van der Waals surface area contributed by atoms with Crippen LogP contribution in [0.15, 0.2) is 48.5 Å². The first-order valence-corrected chi connectivity index (χ1v) is 12.3. The van der Waals surface area contributed by atoms with E-state index < -0.39 is 29.0 Å². The number of hydrogen-bond acceptors (Lipinski definition) is 4. The Morgan fingerprint density at radius 1 is 0.971 bits per heavy atom. The lowest BCUT2D eigenvalue weighted by Gasteiger charge is -2.32. The first-order valence-electron chi connectivity index (χ1n) is 12.3. The molecule has 3 N–H and O–H groups in total. The number of carboxylic acid groups (broad SMARTS) is 1. The highest BCUT2D eigenvalue weighted by molar-refractivity contribution is 5.87. The van der Waals surface area contributed by atoms with Crippen molar-refractivity contribution in [1.29, 1.82) is 0 Å². The quantitative estimate of drug-likeness (QED) is 0.453. The molecule has 0 spiro atoms. The molecule has 2 aromatic rings. The summed E-state index contributed by atoms with van der Waals surface area (Å²) in [6.07, 6.45) is 2.18. The van der Waals surface area contributed by atoms with Crippen molar-refractivity contribution in [2.24, 2.45) is 5.92 Å². The Bertz CT molecular complexity index is 1080. The minimum atomic E-state index is -1.33. The van der Waals surface area contributed by atoms with Crippen LogP contribution >= 0.6 is 0 Å². The third kappa shape index (κ3) is 5.19. The van der Waals surface area contributed by atoms with Crippen LogP contribution in [0.25, 0.3) is 11.1 Å². The van der Waals surface area contributed by atoms with Crippen LogP contribution in [-0.4, -0.2) is 40.8 Å². The fourth-order valence-corrected chi connectivity index (χ4v) is 5.29. The van der Waals surface area contributed by atoms with Crippen molar-refractivity contribution in [3.63, 3.8) is 0 Å². The zero-order valence-corrected chi connectivity index (χ0v) is 20.6. The summed E-state index contributed by atoms with van der Waals surface area (Å²) in [5.41, 5.74) is 2.44. The average Bonchev–Trinajstić information content (AvgIpc) is 3.62. The number of carbonyl (C=O) groups is 3. The molecule has 0 bridgehead atoms. The molecule has 7 heteroatoms. The molecule has 0 aliphatic heterocycles. The number of nitrogens with one attached hydrogen (secondary N) is 2. The van der Waals surface area contributed by atoms with Crippen LogP contribution < -0.4 is 10.6 Å². The van der Waals surface area contributed by atoms with Crippen LogP contribution in [0.2, 0.25) is 0 Å². The minimum absolute atomic E-state index is 0.00551. The lowest BCUT2D eigenvalue weighted by molar-refractivity contribution is -0.147. The molecule has 2 amide bonds. The molecule has 0 saturated heterocycles. The van der Waals surface area contributed by atoms with Crippen LogP contribution in [-0.2, 0) is 14.3 Å². The van der Waals surface area contributed by atoms with Gasteiger partial charge in [-0.25, -0.2) is 9.59 Å². The van der Waals surface area contributed by atoms with Crippen LogP contribution in [0.5, 0.6) is 0 Å². The van der Waals surface area contributed by atoms with Gasteiger partial charge in [-0.05, 0) is 61.3 Å². The zero-order chi connectivity index (χ0) is 25.2. The van der Waals surface area contributed by atoms with E-state index in [4.69, 9.17) is 4.74 Å². The van der Waals surface area contributed by atoms with Crippen LogP contribution in [0.3, 0.4) is 0 Å². The number of amides is 2. The molecule has 35 heavy (non-hydrogen) atoms. The smallest absolute Gasteiger partial charge is 0.407 e. The van der Waals surface area contributed by atoms with Crippen LogP contribution in [0, 0.1) is 5.92 Å². The van der Waals surface area contributed by atoms with Gasteiger partial charge in [0.2, 0.25) is 5.91 Å². The maximum Gasteiger partial charge on any atom is 0.407 e. The average molecular weight is 479 g/mol. The van der Waals surface area contributed by atoms with Gasteiger partial charge in [-0.15, -0.1) is 0 Å². The molecule has 4 rings (SSSR count). The topological polar surface area (TPSA) is 105 Å². The van der Waals surface area contributed by atoms with Gasteiger partial charge >= 0.3 is 12.1 Å². The zero-order valence-electron chi connectivity index (χ0n) is 20.6. The first-order chi connectivity index (χ1) is 16.7. The molecule has 2 unspecified atom stereocenters. The predicted molar refractivity (Wildman–Crippen MR) is 133 cm³/mol. The van der Waals surface area contributed by atoms with Crippen molar-refractivity contribution in [2.75, 3.05) is 6.61 Å². The van der Waals surface area contributed by atoms with Gasteiger partial charge in [0.15, 0.2) is 0 Å². The first kappa shape index (κ1) is 24.8. The van der Waals surface area contributed by atoms with E-state index in [1.54, 1.807) is 0 Å². The Morgan fingerprint density at radius 2 is 1.54 bits per heavy atom. The number of alkyl carbamates (subject to hydrolysis) is 1. The Morgan fingerprint density at radius 3 is 2.06 bits per heavy atom. The lowest BCUT2D eigenvalue weighted by atomic mass is 9.89. The summed E-state index contributed by atoms with van der Waals surface area (Å²) in [5, 5.41) is 15.2. The molecule has 2 aromatic carbocycles. The summed E-state index contributed by atoms with van der Waals surface area (Å²) >= 11 is 0. The van der Waals surface area contributed by atoms with Crippen molar-refractivity contribution in [3.8, 4) is 11.1 Å². The second-order valence-corrected chi connectivity index (χ2v) is 10.3. The van der Waals surface area contributed by atoms with Gasteiger partial charge in [-0.3, -0.25) is 4.79 Å². The van der Waals surface area contributed by atoms with Crippen molar-refractivity contribution < 1.29 is 24.2 Å². The fourth-order valence-electron chi connectivity index (χ4n) is 5.29. The SMILES string of the molecule is CCCC(C)(NC(=O)CC(C)(NC(=O)OCC1c2ccccc2-c2ccccc21)C1CC1)C(=O)O. The molecular formula is C28H34N2O5.